The second kappa shape index (κ2) is 8.19. The third-order valence-corrected chi connectivity index (χ3v) is 2.77. The Labute approximate surface area is 73.3 Å². The Kier molecular flexibility index (Phi) is 8.26. The van der Waals surface area contributed by atoms with Gasteiger partial charge in [-0.05, 0) is 0 Å². The molecule has 0 aromatic rings. The second-order valence-corrected chi connectivity index (χ2v) is 3.80. The Balaban J connectivity index is 2.85. The molecule has 6 heteroatoms. The molecule has 0 saturated carbocycles. The van der Waals surface area contributed by atoms with Gasteiger partial charge in [0.25, 0.3) is 0 Å². The predicted molar refractivity (Wildman–Crippen MR) is 45.6 cm³/mol. The summed E-state index contributed by atoms with van der Waals surface area (Å²) in [4.78, 5) is 9.99. The Morgan fingerprint density at radius 3 is 2.73 bits per heavy atom. The summed E-state index contributed by atoms with van der Waals surface area (Å²) in [6, 6.07) is 0. The summed E-state index contributed by atoms with van der Waals surface area (Å²) >= 11 is 2.75. The number of hydrogen-bond donors (Lipinski definition) is 2. The van der Waals surface area contributed by atoms with Gasteiger partial charge in [0.05, 0.1) is 11.7 Å². The molecule has 4 nitrogen and oxygen atoms in total. The molecule has 0 atom stereocenters. The predicted octanol–water partition coefficient (Wildman–Crippen LogP) is 0.419. The summed E-state index contributed by atoms with van der Waals surface area (Å²) < 4.78 is 4.60. The van der Waals surface area contributed by atoms with Crippen LogP contribution < -0.4 is 0 Å². The topological polar surface area (TPSA) is 66.8 Å². The first-order chi connectivity index (χ1) is 5.27. The van der Waals surface area contributed by atoms with E-state index in [4.69, 9.17) is 10.2 Å². The lowest BCUT2D eigenvalue weighted by molar-refractivity contribution is -0.133. The van der Waals surface area contributed by atoms with Crippen molar-refractivity contribution in [3.63, 3.8) is 0 Å². The van der Waals surface area contributed by atoms with Gasteiger partial charge < -0.3 is 14.9 Å². The van der Waals surface area contributed by atoms with E-state index in [2.05, 4.69) is 4.74 Å². The quantitative estimate of drug-likeness (QED) is 0.456. The van der Waals surface area contributed by atoms with E-state index in [0.29, 0.717) is 11.0 Å². The van der Waals surface area contributed by atoms with Crippen LogP contribution in [0.5, 0.6) is 0 Å². The summed E-state index contributed by atoms with van der Waals surface area (Å²) in [5.74, 6) is -0.284. The van der Waals surface area contributed by atoms with Crippen molar-refractivity contribution in [1.82, 2.24) is 0 Å². The van der Waals surface area contributed by atoms with Crippen LogP contribution in [0.3, 0.4) is 0 Å². The Morgan fingerprint density at radius 1 is 1.45 bits per heavy atom. The number of aliphatic hydroxyl groups excluding tert-OH is 1. The molecule has 0 bridgehead atoms. The van der Waals surface area contributed by atoms with Gasteiger partial charge in [-0.3, -0.25) is 4.79 Å². The van der Waals surface area contributed by atoms with Crippen LogP contribution in [0.4, 0.5) is 0 Å². The van der Waals surface area contributed by atoms with Crippen LogP contribution in [0.2, 0.25) is 0 Å². The molecule has 0 aliphatic carbocycles. The first-order valence-corrected chi connectivity index (χ1v) is 5.14. The van der Waals surface area contributed by atoms with Crippen LogP contribution in [0.1, 0.15) is 0 Å². The van der Waals surface area contributed by atoms with E-state index in [1.165, 1.54) is 23.5 Å². The fraction of sp³-hybridized carbons (Fsp3) is 0.800. The number of carbonyl (C=O) groups is 1. The van der Waals surface area contributed by atoms with Crippen molar-refractivity contribution >= 4 is 29.5 Å². The largest absolute Gasteiger partial charge is 0.481 e. The van der Waals surface area contributed by atoms with Crippen molar-refractivity contribution in [2.45, 2.75) is 0 Å². The molecule has 2 N–H and O–H groups in total. The lowest BCUT2D eigenvalue weighted by Crippen LogP contribution is -1.98. The first-order valence-electron chi connectivity index (χ1n) is 2.83. The first kappa shape index (κ1) is 11.1. The number of carboxylic acid groups (broad SMARTS) is 1. The molecule has 11 heavy (non-hydrogen) atoms. The normalized spacial score (nSPS) is 9.91. The molecule has 0 aromatic heterocycles. The van der Waals surface area contributed by atoms with E-state index in [9.17, 15) is 4.79 Å². The van der Waals surface area contributed by atoms with E-state index < -0.39 is 5.97 Å². The van der Waals surface area contributed by atoms with Gasteiger partial charge in [-0.25, -0.2) is 0 Å². The van der Waals surface area contributed by atoms with Gasteiger partial charge in [0.15, 0.2) is 0 Å². The molecule has 0 saturated heterocycles. The van der Waals surface area contributed by atoms with Gasteiger partial charge in [-0.15, -0.1) is 23.5 Å². The maximum absolute atomic E-state index is 9.99. The van der Waals surface area contributed by atoms with Crippen molar-refractivity contribution in [1.29, 1.82) is 0 Å². The molecule has 0 unspecified atom stereocenters. The van der Waals surface area contributed by atoms with Gasteiger partial charge in [0, 0.05) is 5.08 Å². The minimum Gasteiger partial charge on any atom is -0.481 e. The van der Waals surface area contributed by atoms with Crippen molar-refractivity contribution in [3.05, 3.63) is 0 Å². The zero-order valence-corrected chi connectivity index (χ0v) is 7.49. The number of aliphatic carboxylic acids is 1. The smallest absolute Gasteiger partial charge is 0.313 e. The van der Waals surface area contributed by atoms with Crippen molar-refractivity contribution in [3.8, 4) is 0 Å². The Bertz CT molecular complexity index is 109. The monoisotopic (exact) mass is 198 g/mol. The van der Waals surface area contributed by atoms with Crippen LogP contribution in [0.25, 0.3) is 0 Å². The van der Waals surface area contributed by atoms with Crippen LogP contribution >= 0.6 is 23.5 Å². The van der Waals surface area contributed by atoms with E-state index in [-0.39, 0.29) is 12.5 Å². The molecule has 0 aliphatic rings. The summed E-state index contributed by atoms with van der Waals surface area (Å²) in [6.07, 6.45) is 0. The van der Waals surface area contributed by atoms with Gasteiger partial charge in [0.2, 0.25) is 0 Å². The number of thioether (sulfide) groups is 2. The molecule has 0 amide bonds. The number of hydrogen-bond acceptors (Lipinski definition) is 5. The Morgan fingerprint density at radius 2 is 2.18 bits per heavy atom. The molecular formula is C5H10O4S2. The van der Waals surface area contributed by atoms with Gasteiger partial charge in [0.1, 0.15) is 6.79 Å². The van der Waals surface area contributed by atoms with E-state index in [1.807, 2.05) is 0 Å². The standard InChI is InChI=1S/C5H10O4S2/c6-2-9-3-11-4-10-1-5(7)8/h6H,1-4H2,(H,7,8). The number of carboxylic acids is 1. The van der Waals surface area contributed by atoms with Crippen LogP contribution in [-0.4, -0.2) is 39.8 Å². The number of ether oxygens (including phenoxy) is 1. The van der Waals surface area contributed by atoms with Crippen molar-refractivity contribution in [2.24, 2.45) is 0 Å². The molecule has 66 valence electrons. The number of rotatable bonds is 7. The highest BCUT2D eigenvalue weighted by atomic mass is 32.2. The fourth-order valence-electron chi connectivity index (χ4n) is 0.318. The molecular weight excluding hydrogens is 188 g/mol. The molecule has 0 fully saturated rings. The fourth-order valence-corrected chi connectivity index (χ4v) is 1.76. The minimum absolute atomic E-state index is 0.117. The minimum atomic E-state index is -0.807. The molecule has 0 radical (unpaired) electrons. The molecule has 0 rings (SSSR count). The maximum Gasteiger partial charge on any atom is 0.313 e. The van der Waals surface area contributed by atoms with Gasteiger partial charge in [-0.2, -0.15) is 0 Å². The SMILES string of the molecule is O=C(O)CSCSCOCO. The zero-order chi connectivity index (χ0) is 8.53. The highest BCUT2D eigenvalue weighted by molar-refractivity contribution is 8.16. The van der Waals surface area contributed by atoms with Crippen LogP contribution in [-0.2, 0) is 9.53 Å². The summed E-state index contributed by atoms with van der Waals surface area (Å²) in [5, 5.41) is 17.1. The lowest BCUT2D eigenvalue weighted by atomic mass is 10.8. The molecule has 0 spiro atoms. The van der Waals surface area contributed by atoms with E-state index in [1.54, 1.807) is 0 Å². The van der Waals surface area contributed by atoms with Crippen molar-refractivity contribution < 1.29 is 19.7 Å². The Hall–Kier alpha value is 0.0900. The zero-order valence-electron chi connectivity index (χ0n) is 5.86. The van der Waals surface area contributed by atoms with Crippen LogP contribution in [0, 0.1) is 0 Å². The molecule has 0 heterocycles. The molecule has 0 aromatic carbocycles. The maximum atomic E-state index is 9.99. The highest BCUT2D eigenvalue weighted by Crippen LogP contribution is 2.11. The van der Waals surface area contributed by atoms with E-state index >= 15 is 0 Å². The van der Waals surface area contributed by atoms with Crippen molar-refractivity contribution in [2.75, 3.05) is 23.6 Å². The summed E-state index contributed by atoms with van der Waals surface area (Å²) in [6.45, 7) is -0.281. The van der Waals surface area contributed by atoms with Gasteiger partial charge in [-0.1, -0.05) is 0 Å². The average Bonchev–Trinajstić information content (AvgIpc) is 1.96. The number of aliphatic hydroxyl groups is 1. The third kappa shape index (κ3) is 10.1. The van der Waals surface area contributed by atoms with Gasteiger partial charge >= 0.3 is 5.97 Å². The third-order valence-electron chi connectivity index (χ3n) is 0.650. The second-order valence-electron chi connectivity index (χ2n) is 1.52. The summed E-state index contributed by atoms with van der Waals surface area (Å²) in [7, 11) is 0. The lowest BCUT2D eigenvalue weighted by Gasteiger charge is -1.98. The molecule has 0 aliphatic heterocycles. The average molecular weight is 198 g/mol. The summed E-state index contributed by atoms with van der Waals surface area (Å²) in [5.41, 5.74) is 0. The van der Waals surface area contributed by atoms with E-state index in [0.717, 1.165) is 0 Å². The van der Waals surface area contributed by atoms with Crippen LogP contribution in [0.15, 0.2) is 0 Å². The highest BCUT2D eigenvalue weighted by Gasteiger charge is 1.95.